The summed E-state index contributed by atoms with van der Waals surface area (Å²) in [4.78, 5) is 12.8. The van der Waals surface area contributed by atoms with Crippen molar-refractivity contribution < 1.29 is 18.0 Å². The predicted octanol–water partition coefficient (Wildman–Crippen LogP) is 3.00. The first kappa shape index (κ1) is 16.6. The van der Waals surface area contributed by atoms with E-state index in [1.165, 1.54) is 6.08 Å². The van der Waals surface area contributed by atoms with E-state index in [0.29, 0.717) is 6.08 Å². The number of nitrogens with zero attached hydrogens (tertiary/aromatic N) is 1. The summed E-state index contributed by atoms with van der Waals surface area (Å²) in [5.41, 5.74) is 0.216. The number of carbonyl (C=O) groups is 1. The maximum atomic E-state index is 12.3. The van der Waals surface area contributed by atoms with Crippen LogP contribution in [0, 0.1) is 0 Å². The Balaban J connectivity index is 2.78. The van der Waals surface area contributed by atoms with Crippen molar-refractivity contribution >= 4 is 5.78 Å². The molecule has 1 fully saturated rings. The van der Waals surface area contributed by atoms with E-state index in [4.69, 9.17) is 0 Å². The monoisotopic (exact) mass is 290 g/mol. The third kappa shape index (κ3) is 6.12. The molecule has 0 amide bonds. The van der Waals surface area contributed by atoms with Crippen LogP contribution in [0.5, 0.6) is 0 Å². The number of nitrogens with one attached hydrogen (secondary N) is 1. The second-order valence-corrected chi connectivity index (χ2v) is 5.22. The van der Waals surface area contributed by atoms with Gasteiger partial charge in [-0.25, -0.2) is 0 Å². The molecule has 0 saturated heterocycles. The van der Waals surface area contributed by atoms with E-state index in [1.54, 1.807) is 25.2 Å². The number of alkyl halides is 3. The summed E-state index contributed by atoms with van der Waals surface area (Å²) in [6.45, 7) is 0. The number of hydrogen-bond donors (Lipinski definition) is 1. The molecule has 20 heavy (non-hydrogen) atoms. The molecule has 1 rings (SSSR count). The molecule has 3 nitrogen and oxygen atoms in total. The predicted molar refractivity (Wildman–Crippen MR) is 72.0 cm³/mol. The zero-order valence-corrected chi connectivity index (χ0v) is 11.8. The van der Waals surface area contributed by atoms with E-state index in [9.17, 15) is 18.0 Å². The fourth-order valence-electron chi connectivity index (χ4n) is 2.07. The minimum absolute atomic E-state index is 0.142. The Hall–Kier alpha value is -1.46. The van der Waals surface area contributed by atoms with E-state index in [0.717, 1.165) is 32.1 Å². The van der Waals surface area contributed by atoms with Crippen LogP contribution in [-0.2, 0) is 4.79 Å². The van der Waals surface area contributed by atoms with E-state index < -0.39 is 12.0 Å². The Labute approximate surface area is 117 Å². The second kappa shape index (κ2) is 7.36. The fraction of sp³-hybridized carbons (Fsp3) is 0.643. The lowest BCUT2D eigenvalue weighted by molar-refractivity contribution is -0.165. The van der Waals surface area contributed by atoms with Gasteiger partial charge in [0.1, 0.15) is 0 Å². The highest BCUT2D eigenvalue weighted by molar-refractivity contribution is 5.95. The average molecular weight is 290 g/mol. The van der Waals surface area contributed by atoms with Gasteiger partial charge in [0.05, 0.1) is 0 Å². The zero-order chi connectivity index (χ0) is 15.2. The lowest BCUT2D eigenvalue weighted by Gasteiger charge is -2.24. The molecule has 1 aliphatic rings. The minimum atomic E-state index is -4.83. The molecule has 6 heteroatoms. The molecule has 114 valence electrons. The van der Waals surface area contributed by atoms with E-state index in [-0.39, 0.29) is 11.7 Å². The van der Waals surface area contributed by atoms with Gasteiger partial charge in [-0.3, -0.25) is 4.79 Å². The molecule has 0 bridgehead atoms. The summed E-state index contributed by atoms with van der Waals surface area (Å²) in [6.07, 6.45) is 4.06. The Kier molecular flexibility index (Phi) is 6.10. The van der Waals surface area contributed by atoms with Crippen LogP contribution in [0.15, 0.2) is 24.0 Å². The molecule has 0 unspecified atom stereocenters. The van der Waals surface area contributed by atoms with Gasteiger partial charge in [0.15, 0.2) is 0 Å². The van der Waals surface area contributed by atoms with E-state index >= 15 is 0 Å². The molecular formula is C14H21F3N2O. The number of halogens is 3. The van der Waals surface area contributed by atoms with Crippen LogP contribution < -0.4 is 5.32 Å². The lowest BCUT2D eigenvalue weighted by Crippen LogP contribution is -2.31. The van der Waals surface area contributed by atoms with Gasteiger partial charge in [0, 0.05) is 38.1 Å². The summed E-state index contributed by atoms with van der Waals surface area (Å²) in [6, 6.07) is 0.142. The van der Waals surface area contributed by atoms with Crippen LogP contribution in [0.2, 0.25) is 0 Å². The van der Waals surface area contributed by atoms with Crippen molar-refractivity contribution in [3.63, 3.8) is 0 Å². The standard InChI is InChI=1S/C14H21F3N2O/c1-19(2)9-8-12(10-13(20)14(15,16)17)18-11-6-4-3-5-7-11/h8-11,18H,3-7H2,1-2H3/b9-8+,12-10+. The minimum Gasteiger partial charge on any atom is -0.383 e. The van der Waals surface area contributed by atoms with Gasteiger partial charge >= 0.3 is 6.18 Å². The van der Waals surface area contributed by atoms with Crippen molar-refractivity contribution in [1.29, 1.82) is 0 Å². The SMILES string of the molecule is CN(C)/C=C/C(=C\C(=O)C(F)(F)F)NC1CCCCC1. The highest BCUT2D eigenvalue weighted by Crippen LogP contribution is 2.20. The van der Waals surface area contributed by atoms with Crippen molar-refractivity contribution in [2.45, 2.75) is 44.3 Å². The maximum Gasteiger partial charge on any atom is 0.454 e. The number of carbonyl (C=O) groups excluding carboxylic acids is 1. The largest absolute Gasteiger partial charge is 0.454 e. The van der Waals surface area contributed by atoms with E-state index in [2.05, 4.69) is 5.32 Å². The third-order valence-electron chi connectivity index (χ3n) is 3.09. The van der Waals surface area contributed by atoms with Gasteiger partial charge in [-0.1, -0.05) is 19.3 Å². The molecule has 0 radical (unpaired) electrons. The molecule has 0 aliphatic heterocycles. The average Bonchev–Trinajstić information content (AvgIpc) is 2.36. The van der Waals surface area contributed by atoms with Crippen molar-refractivity contribution in [1.82, 2.24) is 10.2 Å². The first-order valence-corrected chi connectivity index (χ1v) is 6.73. The fourth-order valence-corrected chi connectivity index (χ4v) is 2.07. The number of ketones is 1. The Morgan fingerprint density at radius 1 is 1.20 bits per heavy atom. The molecule has 1 N–H and O–H groups in total. The number of allylic oxidation sites excluding steroid dienone is 2. The summed E-state index contributed by atoms with van der Waals surface area (Å²) >= 11 is 0. The smallest absolute Gasteiger partial charge is 0.383 e. The van der Waals surface area contributed by atoms with Crippen LogP contribution >= 0.6 is 0 Å². The Morgan fingerprint density at radius 2 is 1.80 bits per heavy atom. The Bertz CT molecular complexity index is 380. The van der Waals surface area contributed by atoms with E-state index in [1.807, 2.05) is 0 Å². The molecule has 0 spiro atoms. The van der Waals surface area contributed by atoms with Crippen LogP contribution in [0.1, 0.15) is 32.1 Å². The van der Waals surface area contributed by atoms with Crippen molar-refractivity contribution in [3.05, 3.63) is 24.0 Å². The van der Waals surface area contributed by atoms with Gasteiger partial charge in [-0.05, 0) is 18.9 Å². The molecule has 1 aliphatic carbocycles. The molecule has 0 atom stereocenters. The van der Waals surface area contributed by atoms with Gasteiger partial charge in [-0.15, -0.1) is 0 Å². The van der Waals surface area contributed by atoms with Crippen LogP contribution in [0.3, 0.4) is 0 Å². The summed E-state index contributed by atoms with van der Waals surface area (Å²) in [7, 11) is 3.53. The molecule has 0 aromatic rings. The van der Waals surface area contributed by atoms with Gasteiger partial charge in [-0.2, -0.15) is 13.2 Å². The van der Waals surface area contributed by atoms with Crippen LogP contribution in [-0.4, -0.2) is 37.0 Å². The normalized spacial score (nSPS) is 18.4. The molecular weight excluding hydrogens is 269 g/mol. The molecule has 0 aromatic carbocycles. The second-order valence-electron chi connectivity index (χ2n) is 5.22. The molecule has 0 aromatic heterocycles. The lowest BCUT2D eigenvalue weighted by atomic mass is 9.95. The Morgan fingerprint density at radius 3 is 2.30 bits per heavy atom. The first-order valence-electron chi connectivity index (χ1n) is 6.73. The topological polar surface area (TPSA) is 32.3 Å². The van der Waals surface area contributed by atoms with Crippen molar-refractivity contribution in [2.75, 3.05) is 14.1 Å². The highest BCUT2D eigenvalue weighted by Gasteiger charge is 2.36. The summed E-state index contributed by atoms with van der Waals surface area (Å²) < 4.78 is 37.0. The van der Waals surface area contributed by atoms with Crippen molar-refractivity contribution in [3.8, 4) is 0 Å². The van der Waals surface area contributed by atoms with Gasteiger partial charge < -0.3 is 10.2 Å². The highest BCUT2D eigenvalue weighted by atomic mass is 19.4. The molecule has 0 heterocycles. The van der Waals surface area contributed by atoms with Crippen LogP contribution in [0.25, 0.3) is 0 Å². The maximum absolute atomic E-state index is 12.3. The first-order chi connectivity index (χ1) is 9.29. The zero-order valence-electron chi connectivity index (χ0n) is 11.8. The third-order valence-corrected chi connectivity index (χ3v) is 3.09. The summed E-state index contributed by atoms with van der Waals surface area (Å²) in [5, 5.41) is 3.04. The van der Waals surface area contributed by atoms with Gasteiger partial charge in [0.2, 0.25) is 0 Å². The number of rotatable bonds is 5. The quantitative estimate of drug-likeness (QED) is 0.624. The molecule has 1 saturated carbocycles. The summed E-state index contributed by atoms with van der Waals surface area (Å²) in [5.74, 6) is -1.83. The van der Waals surface area contributed by atoms with Crippen molar-refractivity contribution in [2.24, 2.45) is 0 Å². The van der Waals surface area contributed by atoms with Gasteiger partial charge in [0.25, 0.3) is 5.78 Å². The van der Waals surface area contributed by atoms with Crippen LogP contribution in [0.4, 0.5) is 13.2 Å². The number of hydrogen-bond acceptors (Lipinski definition) is 3.